The molecular formula is C25H22N4O3. The molecule has 0 saturated carbocycles. The summed E-state index contributed by atoms with van der Waals surface area (Å²) >= 11 is 0. The second-order valence-corrected chi connectivity index (χ2v) is 7.13. The number of aryl methyl sites for hydroxylation is 1. The number of rotatable bonds is 6. The molecule has 0 atom stereocenters. The standard InChI is InChI=1S/C25H22N4O3/c1-3-32-25(31)20-16-26-29(22-14-13-19-6-4-5-7-21(19)27-22)24(20)28-23(30)15-12-18-10-8-17(2)9-11-18/h4-16H,3H2,1-2H3,(H,28,30)/b15-12+. The van der Waals surface area contributed by atoms with Gasteiger partial charge in [-0.15, -0.1) is 0 Å². The zero-order valence-corrected chi connectivity index (χ0v) is 17.8. The number of aromatic nitrogens is 3. The average Bonchev–Trinajstić information content (AvgIpc) is 3.22. The van der Waals surface area contributed by atoms with Crippen molar-refractivity contribution >= 4 is 34.7 Å². The first kappa shape index (κ1) is 21.0. The van der Waals surface area contributed by atoms with Crippen LogP contribution < -0.4 is 5.32 Å². The summed E-state index contributed by atoms with van der Waals surface area (Å²) in [5, 5.41) is 8.03. The molecule has 2 aromatic carbocycles. The fraction of sp³-hybridized carbons (Fsp3) is 0.120. The number of carbonyl (C=O) groups excluding carboxylic acids is 2. The van der Waals surface area contributed by atoms with Crippen molar-refractivity contribution in [1.82, 2.24) is 14.8 Å². The van der Waals surface area contributed by atoms with Crippen LogP contribution in [0.25, 0.3) is 22.8 Å². The molecule has 0 saturated heterocycles. The van der Waals surface area contributed by atoms with Crippen molar-refractivity contribution in [1.29, 1.82) is 0 Å². The van der Waals surface area contributed by atoms with Gasteiger partial charge in [0.05, 0.1) is 18.3 Å². The van der Waals surface area contributed by atoms with Crippen LogP contribution >= 0.6 is 0 Å². The van der Waals surface area contributed by atoms with Gasteiger partial charge in [0, 0.05) is 11.5 Å². The first-order valence-corrected chi connectivity index (χ1v) is 10.2. The minimum absolute atomic E-state index is 0.152. The van der Waals surface area contributed by atoms with Gasteiger partial charge < -0.3 is 10.1 Å². The molecule has 2 heterocycles. The molecule has 0 unspecified atom stereocenters. The van der Waals surface area contributed by atoms with Crippen LogP contribution in [0, 0.1) is 6.92 Å². The van der Waals surface area contributed by atoms with Gasteiger partial charge >= 0.3 is 5.97 Å². The Bertz CT molecular complexity index is 1310. The summed E-state index contributed by atoms with van der Waals surface area (Å²) in [7, 11) is 0. The van der Waals surface area contributed by atoms with E-state index in [0.717, 1.165) is 22.0 Å². The molecule has 160 valence electrons. The maximum absolute atomic E-state index is 12.7. The third-order valence-corrected chi connectivity index (χ3v) is 4.81. The Morgan fingerprint density at radius 3 is 2.62 bits per heavy atom. The Labute approximate surface area is 185 Å². The molecule has 1 amide bonds. The lowest BCUT2D eigenvalue weighted by Gasteiger charge is -2.10. The third kappa shape index (κ3) is 4.57. The number of hydrogen-bond donors (Lipinski definition) is 1. The maximum atomic E-state index is 12.7. The van der Waals surface area contributed by atoms with Crippen LogP contribution in [0.2, 0.25) is 0 Å². The van der Waals surface area contributed by atoms with Crippen molar-refractivity contribution in [2.45, 2.75) is 13.8 Å². The SMILES string of the molecule is CCOC(=O)c1cnn(-c2ccc3ccccc3n2)c1NC(=O)/C=C/c1ccc(C)cc1. The molecule has 7 nitrogen and oxygen atoms in total. The maximum Gasteiger partial charge on any atom is 0.343 e. The van der Waals surface area contributed by atoms with Crippen LogP contribution in [0.4, 0.5) is 5.82 Å². The molecule has 0 aliphatic rings. The van der Waals surface area contributed by atoms with E-state index in [1.807, 2.05) is 61.5 Å². The van der Waals surface area contributed by atoms with E-state index in [0.29, 0.717) is 5.82 Å². The summed E-state index contributed by atoms with van der Waals surface area (Å²) in [5.41, 5.74) is 2.95. The molecule has 0 aliphatic heterocycles. The summed E-state index contributed by atoms with van der Waals surface area (Å²) in [6.07, 6.45) is 4.48. The number of hydrogen-bond acceptors (Lipinski definition) is 5. The second-order valence-electron chi connectivity index (χ2n) is 7.13. The Kier molecular flexibility index (Phi) is 6.07. The van der Waals surface area contributed by atoms with Crippen molar-refractivity contribution in [3.05, 3.63) is 89.6 Å². The monoisotopic (exact) mass is 426 g/mol. The molecule has 4 aromatic rings. The lowest BCUT2D eigenvalue weighted by molar-refractivity contribution is -0.111. The minimum atomic E-state index is -0.572. The van der Waals surface area contributed by atoms with Gasteiger partial charge in [0.2, 0.25) is 5.91 Å². The summed E-state index contributed by atoms with van der Waals surface area (Å²) < 4.78 is 6.55. The van der Waals surface area contributed by atoms with E-state index < -0.39 is 11.9 Å². The zero-order valence-electron chi connectivity index (χ0n) is 17.8. The van der Waals surface area contributed by atoms with Crippen molar-refractivity contribution in [3.63, 3.8) is 0 Å². The van der Waals surface area contributed by atoms with E-state index in [1.54, 1.807) is 19.1 Å². The zero-order chi connectivity index (χ0) is 22.5. The van der Waals surface area contributed by atoms with Crippen molar-refractivity contribution in [3.8, 4) is 5.82 Å². The van der Waals surface area contributed by atoms with Gasteiger partial charge in [-0.25, -0.2) is 9.78 Å². The van der Waals surface area contributed by atoms with E-state index in [4.69, 9.17) is 4.74 Å². The second kappa shape index (κ2) is 9.26. The van der Waals surface area contributed by atoms with Gasteiger partial charge in [0.1, 0.15) is 5.56 Å². The minimum Gasteiger partial charge on any atom is -0.462 e. The molecule has 4 rings (SSSR count). The van der Waals surface area contributed by atoms with Crippen molar-refractivity contribution in [2.24, 2.45) is 0 Å². The lowest BCUT2D eigenvalue weighted by Crippen LogP contribution is -2.16. The number of ether oxygens (including phenoxy) is 1. The van der Waals surface area contributed by atoms with Crippen LogP contribution in [-0.4, -0.2) is 33.2 Å². The number of carbonyl (C=O) groups is 2. The summed E-state index contributed by atoms with van der Waals surface area (Å²) in [4.78, 5) is 29.7. The van der Waals surface area contributed by atoms with Crippen molar-refractivity contribution < 1.29 is 14.3 Å². The van der Waals surface area contributed by atoms with Crippen LogP contribution in [-0.2, 0) is 9.53 Å². The van der Waals surface area contributed by atoms with Gasteiger partial charge in [-0.1, -0.05) is 48.0 Å². The smallest absolute Gasteiger partial charge is 0.343 e. The largest absolute Gasteiger partial charge is 0.462 e. The van der Waals surface area contributed by atoms with E-state index in [1.165, 1.54) is 17.0 Å². The first-order chi connectivity index (χ1) is 15.5. The summed E-state index contributed by atoms with van der Waals surface area (Å²) in [5.74, 6) is -0.308. The Morgan fingerprint density at radius 1 is 1.06 bits per heavy atom. The molecule has 0 spiro atoms. The molecule has 7 heteroatoms. The summed E-state index contributed by atoms with van der Waals surface area (Å²) in [6, 6.07) is 19.1. The molecular weight excluding hydrogens is 404 g/mol. The average molecular weight is 426 g/mol. The predicted octanol–water partition coefficient (Wildman–Crippen LogP) is 4.56. The van der Waals surface area contributed by atoms with E-state index in [9.17, 15) is 9.59 Å². The van der Waals surface area contributed by atoms with E-state index >= 15 is 0 Å². The van der Waals surface area contributed by atoms with Crippen LogP contribution in [0.5, 0.6) is 0 Å². The number of para-hydroxylation sites is 1. The lowest BCUT2D eigenvalue weighted by atomic mass is 10.1. The molecule has 32 heavy (non-hydrogen) atoms. The normalized spacial score (nSPS) is 11.1. The molecule has 2 aromatic heterocycles. The Balaban J connectivity index is 1.67. The fourth-order valence-electron chi connectivity index (χ4n) is 3.18. The summed E-state index contributed by atoms with van der Waals surface area (Å²) in [6.45, 7) is 3.92. The van der Waals surface area contributed by atoms with Gasteiger partial charge in [-0.05, 0) is 43.7 Å². The number of anilines is 1. The highest BCUT2D eigenvalue weighted by Crippen LogP contribution is 2.22. The van der Waals surface area contributed by atoms with Gasteiger partial charge in [0.15, 0.2) is 11.6 Å². The highest BCUT2D eigenvalue weighted by atomic mass is 16.5. The first-order valence-electron chi connectivity index (χ1n) is 10.2. The number of nitrogens with one attached hydrogen (secondary N) is 1. The van der Waals surface area contributed by atoms with Gasteiger partial charge in [0.25, 0.3) is 0 Å². The number of pyridine rings is 1. The molecule has 0 bridgehead atoms. The molecule has 0 radical (unpaired) electrons. The number of esters is 1. The van der Waals surface area contributed by atoms with E-state index in [-0.39, 0.29) is 18.0 Å². The molecule has 0 fully saturated rings. The third-order valence-electron chi connectivity index (χ3n) is 4.81. The Hall–Kier alpha value is -4.26. The molecule has 0 aliphatic carbocycles. The van der Waals surface area contributed by atoms with Gasteiger partial charge in [-0.2, -0.15) is 9.78 Å². The van der Waals surface area contributed by atoms with E-state index in [2.05, 4.69) is 15.4 Å². The fourth-order valence-corrected chi connectivity index (χ4v) is 3.18. The quantitative estimate of drug-likeness (QED) is 0.361. The van der Waals surface area contributed by atoms with Gasteiger partial charge in [-0.3, -0.25) is 4.79 Å². The Morgan fingerprint density at radius 2 is 1.84 bits per heavy atom. The predicted molar refractivity (Wildman–Crippen MR) is 124 cm³/mol. The van der Waals surface area contributed by atoms with Crippen LogP contribution in [0.3, 0.4) is 0 Å². The highest BCUT2D eigenvalue weighted by Gasteiger charge is 2.21. The number of benzene rings is 2. The topological polar surface area (TPSA) is 86.1 Å². The number of fused-ring (bicyclic) bond motifs is 1. The number of amides is 1. The molecule has 1 N–H and O–H groups in total. The van der Waals surface area contributed by atoms with Crippen LogP contribution in [0.15, 0.2) is 72.9 Å². The van der Waals surface area contributed by atoms with Crippen molar-refractivity contribution in [2.75, 3.05) is 11.9 Å². The number of nitrogens with zero attached hydrogens (tertiary/aromatic N) is 3. The van der Waals surface area contributed by atoms with Crippen LogP contribution in [0.1, 0.15) is 28.4 Å². The highest BCUT2D eigenvalue weighted by molar-refractivity contribution is 6.05.